The van der Waals surface area contributed by atoms with Crippen molar-refractivity contribution < 1.29 is 4.74 Å². The van der Waals surface area contributed by atoms with Crippen LogP contribution in [0.25, 0.3) is 0 Å². The molecule has 0 heterocycles. The van der Waals surface area contributed by atoms with E-state index in [0.717, 1.165) is 18.7 Å². The number of nitrogens with zero attached hydrogens (tertiary/aromatic N) is 2. The third-order valence-corrected chi connectivity index (χ3v) is 3.20. The van der Waals surface area contributed by atoms with Crippen LogP contribution in [0, 0.1) is 17.2 Å². The largest absolute Gasteiger partial charge is 0.383 e. The average molecular weight is 275 g/mol. The lowest BCUT2D eigenvalue weighted by Crippen LogP contribution is -2.48. The molecule has 1 aromatic carbocycles. The van der Waals surface area contributed by atoms with Gasteiger partial charge in [-0.3, -0.25) is 4.90 Å². The molecule has 1 aromatic rings. The summed E-state index contributed by atoms with van der Waals surface area (Å²) >= 11 is 0. The van der Waals surface area contributed by atoms with Gasteiger partial charge in [0.1, 0.15) is 5.54 Å². The van der Waals surface area contributed by atoms with E-state index >= 15 is 0 Å². The fourth-order valence-corrected chi connectivity index (χ4v) is 2.25. The molecule has 0 fully saturated rings. The Morgan fingerprint density at radius 2 is 2.00 bits per heavy atom. The van der Waals surface area contributed by atoms with Crippen molar-refractivity contribution in [3.8, 4) is 6.07 Å². The molecule has 0 radical (unpaired) electrons. The molecule has 0 amide bonds. The molecule has 4 heteroatoms. The topological polar surface area (TPSA) is 62.3 Å². The van der Waals surface area contributed by atoms with Gasteiger partial charge in [0.15, 0.2) is 0 Å². The van der Waals surface area contributed by atoms with Crippen LogP contribution in [0.15, 0.2) is 30.3 Å². The monoisotopic (exact) mass is 275 g/mol. The lowest BCUT2D eigenvalue weighted by atomic mass is 9.91. The summed E-state index contributed by atoms with van der Waals surface area (Å²) in [6.45, 7) is 7.15. The minimum absolute atomic E-state index is 0.509. The third-order valence-electron chi connectivity index (χ3n) is 3.20. The Balaban J connectivity index is 2.84. The number of hydrogen-bond donors (Lipinski definition) is 1. The van der Waals surface area contributed by atoms with Crippen LogP contribution in [0.4, 0.5) is 0 Å². The molecular weight excluding hydrogens is 250 g/mol. The third kappa shape index (κ3) is 4.93. The van der Waals surface area contributed by atoms with Crippen LogP contribution in [0.5, 0.6) is 0 Å². The first-order valence-corrected chi connectivity index (χ1v) is 6.99. The quantitative estimate of drug-likeness (QED) is 0.788. The van der Waals surface area contributed by atoms with E-state index in [1.54, 1.807) is 7.11 Å². The molecular formula is C16H25N3O. The van der Waals surface area contributed by atoms with Crippen LogP contribution in [-0.2, 0) is 10.3 Å². The van der Waals surface area contributed by atoms with Crippen LogP contribution >= 0.6 is 0 Å². The van der Waals surface area contributed by atoms with Gasteiger partial charge in [0.2, 0.25) is 0 Å². The predicted octanol–water partition coefficient (Wildman–Crippen LogP) is 1.97. The van der Waals surface area contributed by atoms with Gasteiger partial charge < -0.3 is 10.5 Å². The van der Waals surface area contributed by atoms with E-state index in [0.29, 0.717) is 19.1 Å². The van der Waals surface area contributed by atoms with Crippen molar-refractivity contribution in [1.29, 1.82) is 5.26 Å². The second-order valence-corrected chi connectivity index (χ2v) is 5.57. The van der Waals surface area contributed by atoms with Gasteiger partial charge in [0.25, 0.3) is 0 Å². The molecule has 2 N–H and O–H groups in total. The number of nitrogens with two attached hydrogens (primary N) is 1. The van der Waals surface area contributed by atoms with Crippen molar-refractivity contribution in [3.05, 3.63) is 35.9 Å². The molecule has 1 unspecified atom stereocenters. The van der Waals surface area contributed by atoms with Crippen LogP contribution in [0.2, 0.25) is 0 Å². The van der Waals surface area contributed by atoms with Crippen LogP contribution < -0.4 is 5.73 Å². The maximum atomic E-state index is 9.51. The Morgan fingerprint density at radius 3 is 2.50 bits per heavy atom. The van der Waals surface area contributed by atoms with E-state index in [1.165, 1.54) is 0 Å². The first kappa shape index (κ1) is 16.6. The van der Waals surface area contributed by atoms with Gasteiger partial charge in [-0.05, 0) is 11.5 Å². The summed E-state index contributed by atoms with van der Waals surface area (Å²) in [6.07, 6.45) is 0. The van der Waals surface area contributed by atoms with Crippen molar-refractivity contribution in [1.82, 2.24) is 4.90 Å². The number of methoxy groups -OCH3 is 1. The molecule has 0 aliphatic rings. The SMILES string of the molecule is COCCN(CC(C)C)CC(N)(C#N)c1ccccc1. The van der Waals surface area contributed by atoms with E-state index in [9.17, 15) is 5.26 Å². The van der Waals surface area contributed by atoms with Crippen molar-refractivity contribution in [2.75, 3.05) is 33.4 Å². The van der Waals surface area contributed by atoms with Gasteiger partial charge in [0.05, 0.1) is 12.7 Å². The number of ether oxygens (including phenoxy) is 1. The van der Waals surface area contributed by atoms with Crippen LogP contribution in [-0.4, -0.2) is 38.3 Å². The predicted molar refractivity (Wildman–Crippen MR) is 81.1 cm³/mol. The second-order valence-electron chi connectivity index (χ2n) is 5.57. The maximum Gasteiger partial charge on any atom is 0.142 e. The van der Waals surface area contributed by atoms with Crippen LogP contribution in [0.1, 0.15) is 19.4 Å². The molecule has 0 aromatic heterocycles. The van der Waals surface area contributed by atoms with E-state index in [-0.39, 0.29) is 0 Å². The minimum atomic E-state index is -0.982. The summed E-state index contributed by atoms with van der Waals surface area (Å²) in [5.74, 6) is 0.519. The zero-order valence-corrected chi connectivity index (χ0v) is 12.7. The number of benzene rings is 1. The highest BCUT2D eigenvalue weighted by atomic mass is 16.5. The van der Waals surface area contributed by atoms with E-state index in [2.05, 4.69) is 24.8 Å². The first-order valence-electron chi connectivity index (χ1n) is 6.99. The van der Waals surface area contributed by atoms with Gasteiger partial charge in [-0.25, -0.2) is 0 Å². The van der Waals surface area contributed by atoms with E-state index < -0.39 is 5.54 Å². The Bertz CT molecular complexity index is 427. The molecule has 1 atom stereocenters. The Morgan fingerprint density at radius 1 is 1.35 bits per heavy atom. The molecule has 0 aliphatic carbocycles. The van der Waals surface area contributed by atoms with Crippen molar-refractivity contribution in [2.24, 2.45) is 11.7 Å². The first-order chi connectivity index (χ1) is 9.51. The lowest BCUT2D eigenvalue weighted by molar-refractivity contribution is 0.129. The molecule has 20 heavy (non-hydrogen) atoms. The van der Waals surface area contributed by atoms with Gasteiger partial charge >= 0.3 is 0 Å². The molecule has 0 aliphatic heterocycles. The van der Waals surface area contributed by atoms with Gasteiger partial charge in [0, 0.05) is 26.7 Å². The van der Waals surface area contributed by atoms with E-state index in [4.69, 9.17) is 10.5 Å². The fraction of sp³-hybridized carbons (Fsp3) is 0.562. The number of nitriles is 1. The Kier molecular flexibility index (Phi) is 6.66. The molecule has 4 nitrogen and oxygen atoms in total. The van der Waals surface area contributed by atoms with Gasteiger partial charge in [-0.15, -0.1) is 0 Å². The molecule has 0 bridgehead atoms. The van der Waals surface area contributed by atoms with Crippen LogP contribution in [0.3, 0.4) is 0 Å². The van der Waals surface area contributed by atoms with Crippen molar-refractivity contribution in [2.45, 2.75) is 19.4 Å². The van der Waals surface area contributed by atoms with Gasteiger partial charge in [-0.2, -0.15) is 5.26 Å². The molecule has 0 spiro atoms. The van der Waals surface area contributed by atoms with E-state index in [1.807, 2.05) is 30.3 Å². The highest BCUT2D eigenvalue weighted by molar-refractivity contribution is 5.31. The molecule has 1 rings (SSSR count). The summed E-state index contributed by atoms with van der Waals surface area (Å²) in [7, 11) is 1.69. The normalized spacial score (nSPS) is 14.2. The highest BCUT2D eigenvalue weighted by Crippen LogP contribution is 2.19. The van der Waals surface area contributed by atoms with Crippen molar-refractivity contribution >= 4 is 0 Å². The highest BCUT2D eigenvalue weighted by Gasteiger charge is 2.29. The zero-order valence-electron chi connectivity index (χ0n) is 12.7. The maximum absolute atomic E-state index is 9.51. The molecule has 110 valence electrons. The number of hydrogen-bond acceptors (Lipinski definition) is 4. The Hall–Kier alpha value is -1.41. The average Bonchev–Trinajstić information content (AvgIpc) is 2.45. The zero-order chi connectivity index (χ0) is 15.0. The Labute approximate surface area is 122 Å². The standard InChI is InChI=1S/C16H25N3O/c1-14(2)11-19(9-10-20-3)13-16(18,12-17)15-7-5-4-6-8-15/h4-8,14H,9-11,13,18H2,1-3H3. The molecule has 0 saturated carbocycles. The summed E-state index contributed by atoms with van der Waals surface area (Å²) < 4.78 is 5.14. The molecule has 0 saturated heterocycles. The lowest BCUT2D eigenvalue weighted by Gasteiger charge is -2.31. The van der Waals surface area contributed by atoms with Gasteiger partial charge in [-0.1, -0.05) is 44.2 Å². The summed E-state index contributed by atoms with van der Waals surface area (Å²) in [5, 5.41) is 9.51. The minimum Gasteiger partial charge on any atom is -0.383 e. The summed E-state index contributed by atoms with van der Waals surface area (Å²) in [5.41, 5.74) is 6.20. The fourth-order valence-electron chi connectivity index (χ4n) is 2.25. The number of rotatable bonds is 8. The smallest absolute Gasteiger partial charge is 0.142 e. The summed E-state index contributed by atoms with van der Waals surface area (Å²) in [4.78, 5) is 2.20. The summed E-state index contributed by atoms with van der Waals surface area (Å²) in [6, 6.07) is 11.8. The second kappa shape index (κ2) is 8.01. The van der Waals surface area contributed by atoms with Crippen molar-refractivity contribution in [3.63, 3.8) is 0 Å².